The van der Waals surface area contributed by atoms with E-state index in [4.69, 9.17) is 9.15 Å². The van der Waals surface area contributed by atoms with Gasteiger partial charge < -0.3 is 29.8 Å². The van der Waals surface area contributed by atoms with Gasteiger partial charge in [-0.25, -0.2) is 0 Å². The second-order valence-corrected chi connectivity index (χ2v) is 11.4. The highest BCUT2D eigenvalue weighted by atomic mass is 16.5. The normalized spacial score (nSPS) is 26.2. The molecule has 9 heteroatoms. The highest BCUT2D eigenvalue weighted by molar-refractivity contribution is 5.97. The Morgan fingerprint density at radius 1 is 1.14 bits per heavy atom. The van der Waals surface area contributed by atoms with E-state index in [1.54, 1.807) is 25.0 Å². The number of ether oxygens (including phenoxy) is 1. The molecule has 0 bridgehead atoms. The molecule has 1 aromatic carbocycles. The Morgan fingerprint density at radius 3 is 2.46 bits per heavy atom. The summed E-state index contributed by atoms with van der Waals surface area (Å²) in [6.07, 6.45) is 3.73. The predicted octanol–water partition coefficient (Wildman–Crippen LogP) is 3.69. The fourth-order valence-electron chi connectivity index (χ4n) is 5.66. The smallest absolute Gasteiger partial charge is 0.311 e. The van der Waals surface area contributed by atoms with E-state index in [1.165, 1.54) is 6.26 Å². The molecule has 2 aliphatic rings. The molecule has 2 heterocycles. The Bertz CT molecular complexity index is 1150. The van der Waals surface area contributed by atoms with E-state index in [9.17, 15) is 19.5 Å². The van der Waals surface area contributed by atoms with Crippen LogP contribution in [0.5, 0.6) is 5.75 Å². The highest BCUT2D eigenvalue weighted by Crippen LogP contribution is 2.41. The van der Waals surface area contributed by atoms with E-state index in [0.717, 1.165) is 23.3 Å². The molecule has 4 atom stereocenters. The van der Waals surface area contributed by atoms with Crippen LogP contribution in [0.15, 0.2) is 41.0 Å². The first-order valence-electron chi connectivity index (χ1n) is 12.8. The number of aliphatic carboxylic acids is 1. The zero-order valence-corrected chi connectivity index (χ0v) is 22.2. The van der Waals surface area contributed by atoms with Crippen molar-refractivity contribution in [2.45, 2.75) is 77.0 Å². The second kappa shape index (κ2) is 10.2. The van der Waals surface area contributed by atoms with E-state index in [2.05, 4.69) is 31.4 Å². The molecule has 3 N–H and O–H groups in total. The topological polar surface area (TPSA) is 121 Å². The first-order chi connectivity index (χ1) is 17.4. The van der Waals surface area contributed by atoms with Crippen LogP contribution in [-0.4, -0.2) is 65.1 Å². The number of rotatable bonds is 7. The molecular weight excluding hydrogens is 474 g/mol. The average molecular weight is 512 g/mol. The Hall–Kier alpha value is -3.33. The van der Waals surface area contributed by atoms with E-state index in [-0.39, 0.29) is 23.2 Å². The molecule has 1 saturated heterocycles. The molecule has 1 unspecified atom stereocenters. The fourth-order valence-corrected chi connectivity index (χ4v) is 5.66. The van der Waals surface area contributed by atoms with Gasteiger partial charge in [0.25, 0.3) is 5.91 Å². The third kappa shape index (κ3) is 5.66. The molecule has 37 heavy (non-hydrogen) atoms. The number of methoxy groups -OCH3 is 1. The number of amides is 2. The minimum absolute atomic E-state index is 0.0596. The Balaban J connectivity index is 1.42. The summed E-state index contributed by atoms with van der Waals surface area (Å²) in [5, 5.41) is 16.5. The molecule has 1 aliphatic heterocycles. The van der Waals surface area contributed by atoms with Crippen molar-refractivity contribution in [1.29, 1.82) is 0 Å². The fraction of sp³-hybridized carbons (Fsp3) is 0.536. The maximum Gasteiger partial charge on any atom is 0.311 e. The van der Waals surface area contributed by atoms with Gasteiger partial charge in [-0.1, -0.05) is 12.1 Å². The molecule has 200 valence electrons. The number of hydrogen-bond acceptors (Lipinski definition) is 6. The van der Waals surface area contributed by atoms with Crippen molar-refractivity contribution >= 4 is 17.8 Å². The number of hydrogen-bond donors (Lipinski definition) is 3. The van der Waals surface area contributed by atoms with Crippen LogP contribution in [0.2, 0.25) is 0 Å². The molecule has 1 saturated carbocycles. The second-order valence-electron chi connectivity index (χ2n) is 11.4. The number of carboxylic acids is 1. The van der Waals surface area contributed by atoms with Crippen LogP contribution in [0, 0.1) is 5.41 Å². The molecule has 2 amide bonds. The number of likely N-dealkylation sites (tertiary alicyclic amines) is 1. The van der Waals surface area contributed by atoms with Crippen molar-refractivity contribution in [1.82, 2.24) is 15.5 Å². The minimum atomic E-state index is -1.08. The first kappa shape index (κ1) is 26.7. The third-order valence-corrected chi connectivity index (χ3v) is 7.49. The number of carboxylic acid groups (broad SMARTS) is 1. The summed E-state index contributed by atoms with van der Waals surface area (Å²) in [6, 6.07) is 7.94. The molecule has 1 aliphatic carbocycles. The summed E-state index contributed by atoms with van der Waals surface area (Å²) < 4.78 is 10.7. The van der Waals surface area contributed by atoms with E-state index in [0.29, 0.717) is 25.8 Å². The van der Waals surface area contributed by atoms with Gasteiger partial charge in [-0.15, -0.1) is 0 Å². The zero-order valence-electron chi connectivity index (χ0n) is 22.2. The first-order valence-corrected chi connectivity index (χ1v) is 12.8. The van der Waals surface area contributed by atoms with Gasteiger partial charge in [-0.2, -0.15) is 0 Å². The number of furan rings is 1. The molecule has 4 rings (SSSR count). The molecule has 9 nitrogen and oxygen atoms in total. The lowest BCUT2D eigenvalue weighted by atomic mass is 9.68. The van der Waals surface area contributed by atoms with E-state index >= 15 is 0 Å². The molecule has 2 fully saturated rings. The summed E-state index contributed by atoms with van der Waals surface area (Å²) in [5.41, 5.74) is 0.403. The quantitative estimate of drug-likeness (QED) is 0.518. The Kier molecular flexibility index (Phi) is 7.37. The lowest BCUT2D eigenvalue weighted by molar-refractivity contribution is -0.158. The van der Waals surface area contributed by atoms with Gasteiger partial charge in [-0.3, -0.25) is 14.4 Å². The molecule has 1 aromatic heterocycles. The van der Waals surface area contributed by atoms with Crippen molar-refractivity contribution in [3.63, 3.8) is 0 Å². The summed E-state index contributed by atoms with van der Waals surface area (Å²) >= 11 is 0. The van der Waals surface area contributed by atoms with Crippen LogP contribution < -0.4 is 15.4 Å². The van der Waals surface area contributed by atoms with Gasteiger partial charge in [-0.05, 0) is 77.1 Å². The van der Waals surface area contributed by atoms with Crippen LogP contribution >= 0.6 is 0 Å². The van der Waals surface area contributed by atoms with Crippen molar-refractivity contribution in [2.24, 2.45) is 5.41 Å². The van der Waals surface area contributed by atoms with Crippen LogP contribution in [0.25, 0.3) is 11.1 Å². The third-order valence-electron chi connectivity index (χ3n) is 7.49. The summed E-state index contributed by atoms with van der Waals surface area (Å²) in [5.74, 6) is -0.775. The zero-order chi connectivity index (χ0) is 27.0. The summed E-state index contributed by atoms with van der Waals surface area (Å²) in [4.78, 5) is 40.3. The highest BCUT2D eigenvalue weighted by Gasteiger charge is 2.52. The summed E-state index contributed by atoms with van der Waals surface area (Å²) in [7, 11) is 1.60. The molecule has 0 radical (unpaired) electrons. The number of nitrogens with zero attached hydrogens (tertiary/aromatic N) is 1. The molecular formula is C28H37N3O6. The maximum absolute atomic E-state index is 13.3. The number of nitrogens with one attached hydrogen (secondary N) is 2. The largest absolute Gasteiger partial charge is 0.497 e. The van der Waals surface area contributed by atoms with E-state index < -0.39 is 29.4 Å². The van der Waals surface area contributed by atoms with Crippen LogP contribution in [0.4, 0.5) is 0 Å². The van der Waals surface area contributed by atoms with Crippen molar-refractivity contribution in [2.75, 3.05) is 13.7 Å². The van der Waals surface area contributed by atoms with Crippen LogP contribution in [0.1, 0.15) is 63.9 Å². The average Bonchev–Trinajstić information content (AvgIpc) is 3.46. The van der Waals surface area contributed by atoms with Gasteiger partial charge in [0.15, 0.2) is 5.76 Å². The lowest BCUT2D eigenvalue weighted by Gasteiger charge is -2.47. The SMILES string of the molecule is COc1ccc(-c2coc(C(=O)NC3CCN([C@H]4CC[C@@H](NC(C)(C)C)C[C@@]4(C)C(=O)O)C3=O)c2)cc1. The predicted molar refractivity (Wildman–Crippen MR) is 138 cm³/mol. The lowest BCUT2D eigenvalue weighted by Crippen LogP contribution is -2.59. The van der Waals surface area contributed by atoms with Crippen molar-refractivity contribution in [3.8, 4) is 16.9 Å². The molecule has 0 spiro atoms. The standard InChI is InChI=1S/C28H37N3O6/c1-27(2,3)30-19-8-11-23(28(4,15-19)26(34)35)31-13-12-21(25(31)33)29-24(32)22-14-18(16-37-22)17-6-9-20(36-5)10-7-17/h6-7,9-10,14,16,19,21,23,30H,8,11-13,15H2,1-5H3,(H,29,32)(H,34,35)/t19-,21?,23+,28-/m1/s1. The van der Waals surface area contributed by atoms with Crippen molar-refractivity contribution < 1.29 is 28.6 Å². The maximum atomic E-state index is 13.3. The minimum Gasteiger partial charge on any atom is -0.497 e. The Morgan fingerprint density at radius 2 is 1.84 bits per heavy atom. The van der Waals surface area contributed by atoms with Crippen LogP contribution in [0.3, 0.4) is 0 Å². The van der Waals surface area contributed by atoms with Gasteiger partial charge >= 0.3 is 5.97 Å². The van der Waals surface area contributed by atoms with Gasteiger partial charge in [0.1, 0.15) is 11.8 Å². The van der Waals surface area contributed by atoms with Gasteiger partial charge in [0.05, 0.1) is 18.8 Å². The van der Waals surface area contributed by atoms with Crippen LogP contribution in [-0.2, 0) is 9.59 Å². The summed E-state index contributed by atoms with van der Waals surface area (Å²) in [6.45, 7) is 8.33. The monoisotopic (exact) mass is 511 g/mol. The van der Waals surface area contributed by atoms with E-state index in [1.807, 2.05) is 24.3 Å². The number of carbonyl (C=O) groups excluding carboxylic acids is 2. The van der Waals surface area contributed by atoms with Crippen molar-refractivity contribution in [3.05, 3.63) is 42.4 Å². The Labute approximate surface area is 217 Å². The number of carbonyl (C=O) groups is 3. The number of benzene rings is 1. The van der Waals surface area contributed by atoms with Gasteiger partial charge in [0.2, 0.25) is 5.91 Å². The molecule has 2 aromatic rings. The van der Waals surface area contributed by atoms with Gasteiger partial charge in [0, 0.05) is 29.7 Å².